The molecule has 0 saturated heterocycles. The molecule has 1 aliphatic heterocycles. The summed E-state index contributed by atoms with van der Waals surface area (Å²) in [6.07, 6.45) is 1.13. The average molecular weight is 85.1 g/mol. The number of nitrogens with zero attached hydrogens (tertiary/aromatic N) is 2. The molecule has 3 heteroatoms. The minimum absolute atomic E-state index is 0.896. The number of nitrogens with one attached hydrogen (secondary N) is 1. The summed E-state index contributed by atoms with van der Waals surface area (Å²) in [5, 5.41) is 7.24. The predicted octanol–water partition coefficient (Wildman–Crippen LogP) is 0.347. The Hall–Kier alpha value is -0.600. The van der Waals surface area contributed by atoms with Crippen LogP contribution in [0.15, 0.2) is 10.3 Å². The molecule has 1 aliphatic rings. The molecule has 0 unspecified atom stereocenters. The van der Waals surface area contributed by atoms with E-state index >= 15 is 0 Å². The molecule has 0 radical (unpaired) electrons. The Kier molecular flexibility index (Phi) is 1.04. The van der Waals surface area contributed by atoms with Crippen molar-refractivity contribution in [3.8, 4) is 0 Å². The van der Waals surface area contributed by atoms with Gasteiger partial charge >= 0.3 is 0 Å². The Morgan fingerprint density at radius 1 is 1.50 bits per heavy atom. The van der Waals surface area contributed by atoms with Crippen LogP contribution in [0, 0.1) is 0 Å². The van der Waals surface area contributed by atoms with Gasteiger partial charge in [0.2, 0.25) is 0 Å². The Labute approximate surface area is 36.4 Å². The van der Waals surface area contributed by atoms with E-state index in [0.717, 1.165) is 19.5 Å². The van der Waals surface area contributed by atoms with Crippen molar-refractivity contribution < 1.29 is 0 Å². The van der Waals surface area contributed by atoms with Crippen molar-refractivity contribution >= 4 is 0 Å². The zero-order valence-corrected chi connectivity index (χ0v) is 3.52. The van der Waals surface area contributed by atoms with E-state index in [1.165, 1.54) is 0 Å². The molecule has 0 spiro atoms. The topological polar surface area (TPSA) is 36.8 Å². The third kappa shape index (κ3) is 0.672. The van der Waals surface area contributed by atoms with E-state index in [1.54, 1.807) is 0 Å². The molecule has 1 rings (SSSR count). The first-order chi connectivity index (χ1) is 3.00. The largest absolute Gasteiger partial charge is 0.292 e. The molecular formula is C3H7N3. The minimum Gasteiger partial charge on any atom is -0.292 e. The van der Waals surface area contributed by atoms with Crippen LogP contribution in [0.25, 0.3) is 0 Å². The number of rotatable bonds is 0. The smallest absolute Gasteiger partial charge is 0.0637 e. The summed E-state index contributed by atoms with van der Waals surface area (Å²) in [5.41, 5.74) is 2.74. The van der Waals surface area contributed by atoms with Crippen LogP contribution in [0.1, 0.15) is 6.42 Å². The van der Waals surface area contributed by atoms with Crippen LogP contribution in [0.5, 0.6) is 0 Å². The van der Waals surface area contributed by atoms with Crippen LogP contribution >= 0.6 is 0 Å². The zero-order chi connectivity index (χ0) is 4.24. The van der Waals surface area contributed by atoms with Gasteiger partial charge in [-0.15, -0.1) is 0 Å². The fourth-order valence-electron chi connectivity index (χ4n) is 0.379. The third-order valence-corrected chi connectivity index (χ3v) is 0.688. The maximum absolute atomic E-state index is 3.69. The predicted molar refractivity (Wildman–Crippen MR) is 22.3 cm³/mol. The average Bonchev–Trinajstić information content (AvgIpc) is 1.72. The van der Waals surface area contributed by atoms with E-state index in [9.17, 15) is 0 Å². The zero-order valence-electron chi connectivity index (χ0n) is 3.52. The third-order valence-electron chi connectivity index (χ3n) is 0.688. The molecule has 0 aromatic heterocycles. The van der Waals surface area contributed by atoms with Gasteiger partial charge in [0.15, 0.2) is 0 Å². The maximum Gasteiger partial charge on any atom is 0.0637 e. The standard InChI is InChI=1S/C3H7N3/c1-2-4-6-5-3-1/h1-3H2,(H,4,5). The van der Waals surface area contributed by atoms with Gasteiger partial charge in [0, 0.05) is 6.54 Å². The van der Waals surface area contributed by atoms with Crippen LogP contribution in [0.2, 0.25) is 0 Å². The van der Waals surface area contributed by atoms with Crippen LogP contribution in [-0.4, -0.2) is 13.1 Å². The summed E-state index contributed by atoms with van der Waals surface area (Å²) in [5.74, 6) is 0. The highest BCUT2D eigenvalue weighted by Crippen LogP contribution is 1.84. The van der Waals surface area contributed by atoms with E-state index in [0.29, 0.717) is 0 Å². The van der Waals surface area contributed by atoms with Crippen molar-refractivity contribution in [2.75, 3.05) is 13.1 Å². The van der Waals surface area contributed by atoms with Crippen LogP contribution in [-0.2, 0) is 0 Å². The molecule has 1 heterocycles. The van der Waals surface area contributed by atoms with Crippen molar-refractivity contribution in [1.29, 1.82) is 0 Å². The summed E-state index contributed by atoms with van der Waals surface area (Å²) in [4.78, 5) is 0. The van der Waals surface area contributed by atoms with Gasteiger partial charge in [-0.1, -0.05) is 5.22 Å². The van der Waals surface area contributed by atoms with Gasteiger partial charge in [-0.3, -0.25) is 5.43 Å². The Balaban J connectivity index is 2.26. The molecule has 3 nitrogen and oxygen atoms in total. The lowest BCUT2D eigenvalue weighted by molar-refractivity contribution is 0.579. The number of hydrogen-bond acceptors (Lipinski definition) is 3. The van der Waals surface area contributed by atoms with Gasteiger partial charge in [0.1, 0.15) is 0 Å². The van der Waals surface area contributed by atoms with Gasteiger partial charge in [-0.05, 0) is 6.42 Å². The summed E-state index contributed by atoms with van der Waals surface area (Å²) in [7, 11) is 0. The molecule has 34 valence electrons. The molecule has 0 amide bonds. The quantitative estimate of drug-likeness (QED) is 0.452. The number of hydrogen-bond donors (Lipinski definition) is 1. The molecular weight excluding hydrogens is 78.1 g/mol. The van der Waals surface area contributed by atoms with E-state index in [2.05, 4.69) is 15.8 Å². The lowest BCUT2D eigenvalue weighted by atomic mass is 10.4. The summed E-state index contributed by atoms with van der Waals surface area (Å²) < 4.78 is 0. The highest BCUT2D eigenvalue weighted by atomic mass is 15.4. The van der Waals surface area contributed by atoms with Gasteiger partial charge in [0.25, 0.3) is 0 Å². The molecule has 0 atom stereocenters. The lowest BCUT2D eigenvalue weighted by Crippen LogP contribution is -2.11. The van der Waals surface area contributed by atoms with Crippen LogP contribution in [0.3, 0.4) is 0 Å². The normalized spacial score (nSPS) is 20.0. The maximum atomic E-state index is 3.69. The first-order valence-electron chi connectivity index (χ1n) is 2.09. The van der Waals surface area contributed by atoms with Gasteiger partial charge in [-0.2, -0.15) is 5.11 Å². The first kappa shape index (κ1) is 3.59. The lowest BCUT2D eigenvalue weighted by Gasteiger charge is -1.99. The second kappa shape index (κ2) is 1.74. The summed E-state index contributed by atoms with van der Waals surface area (Å²) >= 11 is 0. The second-order valence-corrected chi connectivity index (χ2v) is 1.23. The molecule has 0 saturated carbocycles. The van der Waals surface area contributed by atoms with Gasteiger partial charge in [-0.25, -0.2) is 0 Å². The van der Waals surface area contributed by atoms with Crippen LogP contribution in [0.4, 0.5) is 0 Å². The monoisotopic (exact) mass is 85.1 g/mol. The van der Waals surface area contributed by atoms with Crippen molar-refractivity contribution in [2.45, 2.75) is 6.42 Å². The van der Waals surface area contributed by atoms with Crippen molar-refractivity contribution in [3.05, 3.63) is 0 Å². The van der Waals surface area contributed by atoms with Crippen molar-refractivity contribution in [3.63, 3.8) is 0 Å². The van der Waals surface area contributed by atoms with E-state index in [1.807, 2.05) is 0 Å². The molecule has 0 aliphatic carbocycles. The highest BCUT2D eigenvalue weighted by Gasteiger charge is 1.87. The fourth-order valence-corrected chi connectivity index (χ4v) is 0.379. The molecule has 0 aromatic carbocycles. The fraction of sp³-hybridized carbons (Fsp3) is 1.00. The SMILES string of the molecule is C1CN=NNC1. The molecule has 0 fully saturated rings. The summed E-state index contributed by atoms with van der Waals surface area (Å²) in [6.45, 7) is 1.89. The Bertz CT molecular complexity index is 51.1. The molecule has 0 bridgehead atoms. The molecule has 0 aromatic rings. The minimum atomic E-state index is 0.896. The van der Waals surface area contributed by atoms with E-state index in [-0.39, 0.29) is 0 Å². The van der Waals surface area contributed by atoms with Gasteiger partial charge in [0.05, 0.1) is 6.54 Å². The highest BCUT2D eigenvalue weighted by molar-refractivity contribution is 4.47. The van der Waals surface area contributed by atoms with E-state index < -0.39 is 0 Å². The van der Waals surface area contributed by atoms with E-state index in [4.69, 9.17) is 0 Å². The molecule has 6 heavy (non-hydrogen) atoms. The van der Waals surface area contributed by atoms with Gasteiger partial charge < -0.3 is 0 Å². The second-order valence-electron chi connectivity index (χ2n) is 1.23. The van der Waals surface area contributed by atoms with Crippen molar-refractivity contribution in [2.24, 2.45) is 10.3 Å². The Morgan fingerprint density at radius 2 is 2.50 bits per heavy atom. The molecule has 1 N–H and O–H groups in total. The Morgan fingerprint density at radius 3 is 2.67 bits per heavy atom. The summed E-state index contributed by atoms with van der Waals surface area (Å²) in [6, 6.07) is 0. The van der Waals surface area contributed by atoms with Crippen molar-refractivity contribution in [1.82, 2.24) is 5.43 Å². The van der Waals surface area contributed by atoms with Crippen LogP contribution < -0.4 is 5.43 Å². The first-order valence-corrected chi connectivity index (χ1v) is 2.09.